The molecule has 9 heteroatoms. The van der Waals surface area contributed by atoms with Crippen molar-refractivity contribution >= 4 is 39.2 Å². The predicted octanol–water partition coefficient (Wildman–Crippen LogP) is 2.77. The second-order valence-corrected chi connectivity index (χ2v) is 7.98. The molecule has 0 saturated carbocycles. The lowest BCUT2D eigenvalue weighted by molar-refractivity contribution is -0.137. The first-order valence-electron chi connectivity index (χ1n) is 7.91. The van der Waals surface area contributed by atoms with Crippen molar-refractivity contribution in [2.24, 2.45) is 0 Å². The van der Waals surface area contributed by atoms with Crippen molar-refractivity contribution in [1.29, 1.82) is 0 Å². The molecule has 0 aliphatic heterocycles. The lowest BCUT2D eigenvalue weighted by Gasteiger charge is -2.17. The second kappa shape index (κ2) is 8.41. The number of para-hydroxylation sites is 1. The molecule has 0 heterocycles. The Labute approximate surface area is 162 Å². The zero-order chi connectivity index (χ0) is 20.2. The fraction of sp³-hybridized carbons (Fsp3) is 0.222. The monoisotopic (exact) mass is 410 g/mol. The second-order valence-electron chi connectivity index (χ2n) is 5.89. The average molecular weight is 411 g/mol. The van der Waals surface area contributed by atoms with Crippen LogP contribution in [0.15, 0.2) is 53.4 Å². The minimum atomic E-state index is -3.97. The molecule has 27 heavy (non-hydrogen) atoms. The summed E-state index contributed by atoms with van der Waals surface area (Å²) < 4.78 is 32.6. The summed E-state index contributed by atoms with van der Waals surface area (Å²) in [7, 11) is -0.884. The van der Waals surface area contributed by atoms with Gasteiger partial charge in [0.1, 0.15) is 0 Å². The molecule has 0 bridgehead atoms. The molecular formula is C18H19ClN2O5S. The Morgan fingerprint density at radius 3 is 2.41 bits per heavy atom. The quantitative estimate of drug-likeness (QED) is 0.739. The van der Waals surface area contributed by atoms with Crippen LogP contribution in [0.1, 0.15) is 17.3 Å². The van der Waals surface area contributed by atoms with E-state index >= 15 is 0 Å². The maximum absolute atomic E-state index is 12.6. The first-order valence-corrected chi connectivity index (χ1v) is 9.77. The number of nitrogens with one attached hydrogen (secondary N) is 1. The van der Waals surface area contributed by atoms with Crippen LogP contribution in [0.4, 0.5) is 5.69 Å². The Kier molecular flexibility index (Phi) is 6.45. The van der Waals surface area contributed by atoms with Crippen LogP contribution in [0.2, 0.25) is 5.02 Å². The van der Waals surface area contributed by atoms with Gasteiger partial charge in [0.2, 0.25) is 0 Å². The van der Waals surface area contributed by atoms with E-state index in [0.717, 1.165) is 0 Å². The lowest BCUT2D eigenvalue weighted by atomic mass is 10.2. The molecule has 0 saturated heterocycles. The maximum atomic E-state index is 12.6. The van der Waals surface area contributed by atoms with Gasteiger partial charge >= 0.3 is 5.97 Å². The van der Waals surface area contributed by atoms with Crippen LogP contribution in [-0.4, -0.2) is 45.4 Å². The summed E-state index contributed by atoms with van der Waals surface area (Å²) in [6.07, 6.45) is -0.992. The van der Waals surface area contributed by atoms with Gasteiger partial charge in [-0.25, -0.2) is 13.2 Å². The van der Waals surface area contributed by atoms with Crippen LogP contribution in [0.25, 0.3) is 0 Å². The highest BCUT2D eigenvalue weighted by Crippen LogP contribution is 2.24. The van der Waals surface area contributed by atoms with Gasteiger partial charge in [-0.1, -0.05) is 29.8 Å². The van der Waals surface area contributed by atoms with E-state index in [0.29, 0.717) is 0 Å². The number of amides is 1. The third-order valence-electron chi connectivity index (χ3n) is 3.57. The molecule has 0 aliphatic carbocycles. The van der Waals surface area contributed by atoms with Gasteiger partial charge < -0.3 is 9.64 Å². The number of likely N-dealkylation sites (N-methyl/N-ethyl adjacent to an activating group) is 1. The summed E-state index contributed by atoms with van der Waals surface area (Å²) in [5, 5.41) is 0.243. The van der Waals surface area contributed by atoms with E-state index in [1.54, 1.807) is 32.3 Å². The summed E-state index contributed by atoms with van der Waals surface area (Å²) in [5.74, 6) is -1.18. The van der Waals surface area contributed by atoms with E-state index in [1.165, 1.54) is 42.2 Å². The average Bonchev–Trinajstić information content (AvgIpc) is 2.62. The molecule has 0 unspecified atom stereocenters. The van der Waals surface area contributed by atoms with Crippen molar-refractivity contribution in [3.8, 4) is 0 Å². The lowest BCUT2D eigenvalue weighted by Crippen LogP contribution is -2.34. The standard InChI is InChI=1S/C18H19ClN2O5S/c1-12(17(22)21(2)3)26-18(23)13-7-6-8-14(11-13)27(24,25)20-16-10-5-4-9-15(16)19/h4-12,20H,1-3H3/t12-/m1/s1. The number of halogens is 1. The normalized spacial score (nSPS) is 12.1. The van der Waals surface area contributed by atoms with Crippen molar-refractivity contribution in [3.05, 3.63) is 59.1 Å². The molecule has 2 aromatic carbocycles. The van der Waals surface area contributed by atoms with Crippen molar-refractivity contribution in [2.75, 3.05) is 18.8 Å². The number of benzene rings is 2. The number of hydrogen-bond acceptors (Lipinski definition) is 5. The summed E-state index contributed by atoms with van der Waals surface area (Å²) in [4.78, 5) is 25.2. The molecule has 144 valence electrons. The zero-order valence-corrected chi connectivity index (χ0v) is 16.5. The molecule has 1 amide bonds. The van der Waals surface area contributed by atoms with E-state index < -0.39 is 22.1 Å². The minimum absolute atomic E-state index is 0.00967. The van der Waals surface area contributed by atoms with Crippen LogP contribution in [0.5, 0.6) is 0 Å². The van der Waals surface area contributed by atoms with E-state index in [9.17, 15) is 18.0 Å². The van der Waals surface area contributed by atoms with Gasteiger partial charge in [-0.15, -0.1) is 0 Å². The molecule has 1 N–H and O–H groups in total. The third kappa shape index (κ3) is 5.21. The third-order valence-corrected chi connectivity index (χ3v) is 5.26. The molecule has 0 aliphatic rings. The first kappa shape index (κ1) is 20.7. The van der Waals surface area contributed by atoms with Crippen LogP contribution in [0, 0.1) is 0 Å². The minimum Gasteiger partial charge on any atom is -0.449 e. The van der Waals surface area contributed by atoms with E-state index in [2.05, 4.69) is 4.72 Å². The fourth-order valence-electron chi connectivity index (χ4n) is 2.18. The summed E-state index contributed by atoms with van der Waals surface area (Å²) in [6.45, 7) is 1.44. The van der Waals surface area contributed by atoms with E-state index in [-0.39, 0.29) is 27.1 Å². The number of rotatable bonds is 6. The van der Waals surface area contributed by atoms with Crippen LogP contribution >= 0.6 is 11.6 Å². The van der Waals surface area contributed by atoms with Crippen LogP contribution in [0.3, 0.4) is 0 Å². The topological polar surface area (TPSA) is 92.8 Å². The molecular weight excluding hydrogens is 392 g/mol. The number of nitrogens with zero attached hydrogens (tertiary/aromatic N) is 1. The van der Waals surface area contributed by atoms with Gasteiger partial charge in [0.15, 0.2) is 6.10 Å². The van der Waals surface area contributed by atoms with Gasteiger partial charge in [-0.05, 0) is 37.3 Å². The van der Waals surface area contributed by atoms with Crippen molar-refractivity contribution in [2.45, 2.75) is 17.9 Å². The predicted molar refractivity (Wildman–Crippen MR) is 102 cm³/mol. The Morgan fingerprint density at radius 2 is 1.78 bits per heavy atom. The number of carbonyl (C=O) groups is 2. The summed E-state index contributed by atoms with van der Waals surface area (Å²) >= 11 is 5.97. The smallest absolute Gasteiger partial charge is 0.338 e. The SMILES string of the molecule is C[C@@H](OC(=O)c1cccc(S(=O)(=O)Nc2ccccc2Cl)c1)C(=O)N(C)C. The molecule has 2 rings (SSSR count). The van der Waals surface area contributed by atoms with Crippen LogP contribution < -0.4 is 4.72 Å². The molecule has 0 aromatic heterocycles. The Balaban J connectivity index is 2.22. The molecule has 0 spiro atoms. The van der Waals surface area contributed by atoms with Gasteiger partial charge in [-0.2, -0.15) is 0 Å². The molecule has 0 fully saturated rings. The number of sulfonamides is 1. The Bertz CT molecular complexity index is 960. The number of hydrogen-bond donors (Lipinski definition) is 1. The molecule has 2 aromatic rings. The number of anilines is 1. The van der Waals surface area contributed by atoms with Gasteiger partial charge in [-0.3, -0.25) is 9.52 Å². The van der Waals surface area contributed by atoms with E-state index in [4.69, 9.17) is 16.3 Å². The Hall–Kier alpha value is -2.58. The number of esters is 1. The fourth-order valence-corrected chi connectivity index (χ4v) is 3.54. The van der Waals surface area contributed by atoms with Crippen molar-refractivity contribution < 1.29 is 22.7 Å². The molecule has 1 atom stereocenters. The van der Waals surface area contributed by atoms with Crippen molar-refractivity contribution in [1.82, 2.24) is 4.90 Å². The van der Waals surface area contributed by atoms with Gasteiger partial charge in [0, 0.05) is 14.1 Å². The maximum Gasteiger partial charge on any atom is 0.338 e. The summed E-state index contributed by atoms with van der Waals surface area (Å²) in [6, 6.07) is 11.7. The highest BCUT2D eigenvalue weighted by atomic mass is 35.5. The number of carbonyl (C=O) groups excluding carboxylic acids is 2. The Morgan fingerprint density at radius 1 is 1.11 bits per heavy atom. The number of ether oxygens (including phenoxy) is 1. The molecule has 7 nitrogen and oxygen atoms in total. The zero-order valence-electron chi connectivity index (χ0n) is 15.0. The van der Waals surface area contributed by atoms with E-state index in [1.807, 2.05) is 0 Å². The van der Waals surface area contributed by atoms with Crippen LogP contribution in [-0.2, 0) is 19.6 Å². The highest BCUT2D eigenvalue weighted by molar-refractivity contribution is 7.92. The molecule has 0 radical (unpaired) electrons. The largest absolute Gasteiger partial charge is 0.449 e. The van der Waals surface area contributed by atoms with Gasteiger partial charge in [0.05, 0.1) is 21.2 Å². The highest BCUT2D eigenvalue weighted by Gasteiger charge is 2.22. The van der Waals surface area contributed by atoms with Gasteiger partial charge in [0.25, 0.3) is 15.9 Å². The van der Waals surface area contributed by atoms with Crippen molar-refractivity contribution in [3.63, 3.8) is 0 Å². The summed E-state index contributed by atoms with van der Waals surface area (Å²) in [5.41, 5.74) is 0.229. The first-order chi connectivity index (χ1) is 12.6.